The standard InChI is InChI=1S/C5H13P.Nd/c1-2-3-4-5-6;/h2-6H2,1H3;. The van der Waals surface area contributed by atoms with Crippen molar-refractivity contribution in [3.8, 4) is 0 Å². The molecule has 0 amide bonds. The molecule has 7 heavy (non-hydrogen) atoms. The number of hydrogen-bond acceptors (Lipinski definition) is 0. The summed E-state index contributed by atoms with van der Waals surface area (Å²) in [6.45, 7) is 2.22. The van der Waals surface area contributed by atoms with Gasteiger partial charge in [-0.25, -0.2) is 0 Å². The summed E-state index contributed by atoms with van der Waals surface area (Å²) in [5.41, 5.74) is 0. The first-order valence-corrected chi connectivity index (χ1v) is 3.43. The molecule has 0 heterocycles. The van der Waals surface area contributed by atoms with Crippen LogP contribution in [-0.4, -0.2) is 6.16 Å². The number of unbranched alkanes of at least 4 members (excludes halogenated alkanes) is 2. The smallest absolute Gasteiger partial charge is 0 e. The fourth-order valence-electron chi connectivity index (χ4n) is 0.394. The zero-order chi connectivity index (χ0) is 4.83. The Morgan fingerprint density at radius 3 is 2.00 bits per heavy atom. The Morgan fingerprint density at radius 1 is 1.29 bits per heavy atom. The molecule has 0 N–H and O–H groups in total. The number of hydrogen-bond donors (Lipinski definition) is 0. The summed E-state index contributed by atoms with van der Waals surface area (Å²) in [6.07, 6.45) is 5.38. The van der Waals surface area contributed by atoms with Crippen LogP contribution >= 0.6 is 9.24 Å². The van der Waals surface area contributed by atoms with E-state index in [1.165, 1.54) is 25.4 Å². The van der Waals surface area contributed by atoms with Crippen LogP contribution in [0.3, 0.4) is 0 Å². The van der Waals surface area contributed by atoms with Crippen molar-refractivity contribution in [2.45, 2.75) is 26.2 Å². The molecule has 0 spiro atoms. The molecule has 0 aliphatic rings. The predicted molar refractivity (Wildman–Crippen MR) is 34.1 cm³/mol. The van der Waals surface area contributed by atoms with Gasteiger partial charge < -0.3 is 0 Å². The van der Waals surface area contributed by atoms with Crippen LogP contribution in [-0.2, 0) is 0 Å². The molecule has 42 valence electrons. The van der Waals surface area contributed by atoms with Gasteiger partial charge in [-0.1, -0.05) is 19.8 Å². The van der Waals surface area contributed by atoms with Gasteiger partial charge in [0.25, 0.3) is 0 Å². The summed E-state index contributed by atoms with van der Waals surface area (Å²) in [6, 6.07) is 0. The Labute approximate surface area is 81.6 Å². The van der Waals surface area contributed by atoms with Crippen LogP contribution in [0, 0.1) is 40.8 Å². The van der Waals surface area contributed by atoms with E-state index in [-0.39, 0.29) is 40.8 Å². The van der Waals surface area contributed by atoms with Crippen LogP contribution in [0.25, 0.3) is 0 Å². The summed E-state index contributed by atoms with van der Waals surface area (Å²) in [4.78, 5) is 0. The molecule has 0 nitrogen and oxygen atoms in total. The molecule has 0 rings (SSSR count). The maximum Gasteiger partial charge on any atom is 0 e. The van der Waals surface area contributed by atoms with E-state index < -0.39 is 0 Å². The minimum Gasteiger partial charge on any atom is -0.138 e. The van der Waals surface area contributed by atoms with Crippen LogP contribution < -0.4 is 0 Å². The van der Waals surface area contributed by atoms with Gasteiger partial charge in [0.2, 0.25) is 0 Å². The largest absolute Gasteiger partial charge is 0.138 e. The van der Waals surface area contributed by atoms with Gasteiger partial charge >= 0.3 is 0 Å². The molecule has 0 bridgehead atoms. The van der Waals surface area contributed by atoms with Gasteiger partial charge in [-0.3, -0.25) is 0 Å². The van der Waals surface area contributed by atoms with E-state index in [9.17, 15) is 0 Å². The zero-order valence-electron chi connectivity index (χ0n) is 4.91. The topological polar surface area (TPSA) is 0 Å². The molecular weight excluding hydrogens is 235 g/mol. The van der Waals surface area contributed by atoms with Crippen molar-refractivity contribution >= 4 is 9.24 Å². The van der Waals surface area contributed by atoms with Crippen molar-refractivity contribution in [3.05, 3.63) is 0 Å². The fraction of sp³-hybridized carbons (Fsp3) is 1.00. The van der Waals surface area contributed by atoms with Crippen LogP contribution in [0.2, 0.25) is 0 Å². The molecule has 1 atom stereocenters. The van der Waals surface area contributed by atoms with Gasteiger partial charge in [0.1, 0.15) is 0 Å². The summed E-state index contributed by atoms with van der Waals surface area (Å²) in [5, 5.41) is 0. The molecule has 0 aromatic rings. The first-order chi connectivity index (χ1) is 2.91. The van der Waals surface area contributed by atoms with Crippen molar-refractivity contribution < 1.29 is 40.8 Å². The van der Waals surface area contributed by atoms with Crippen molar-refractivity contribution in [2.75, 3.05) is 6.16 Å². The molecule has 0 aliphatic carbocycles. The Balaban J connectivity index is 0. The Bertz CT molecular complexity index is 20.0. The van der Waals surface area contributed by atoms with Crippen LogP contribution in [0.4, 0.5) is 0 Å². The molecular formula is C5H13NdP. The normalized spacial score (nSPS) is 7.71. The van der Waals surface area contributed by atoms with Gasteiger partial charge in [0, 0.05) is 40.8 Å². The van der Waals surface area contributed by atoms with Crippen LogP contribution in [0.5, 0.6) is 0 Å². The van der Waals surface area contributed by atoms with Gasteiger partial charge in [-0.05, 0) is 12.6 Å². The van der Waals surface area contributed by atoms with E-state index in [1.54, 1.807) is 0 Å². The first-order valence-electron chi connectivity index (χ1n) is 2.62. The minimum atomic E-state index is 0. The van der Waals surface area contributed by atoms with E-state index in [2.05, 4.69) is 16.2 Å². The molecule has 0 radical (unpaired) electrons. The average molecular weight is 248 g/mol. The number of rotatable bonds is 3. The third kappa shape index (κ3) is 11.4. The second kappa shape index (κ2) is 10.7. The van der Waals surface area contributed by atoms with Crippen molar-refractivity contribution in [1.82, 2.24) is 0 Å². The summed E-state index contributed by atoms with van der Waals surface area (Å²) in [7, 11) is 2.73. The van der Waals surface area contributed by atoms with E-state index in [1.807, 2.05) is 0 Å². The van der Waals surface area contributed by atoms with Gasteiger partial charge in [-0.2, -0.15) is 0 Å². The third-order valence-corrected chi connectivity index (χ3v) is 1.22. The maximum absolute atomic E-state index is 2.73. The van der Waals surface area contributed by atoms with Crippen molar-refractivity contribution in [2.24, 2.45) is 0 Å². The summed E-state index contributed by atoms with van der Waals surface area (Å²) >= 11 is 0. The Hall–Kier alpha value is 1.78. The molecule has 2 heteroatoms. The van der Waals surface area contributed by atoms with Gasteiger partial charge in [-0.15, -0.1) is 9.24 Å². The maximum atomic E-state index is 2.73. The summed E-state index contributed by atoms with van der Waals surface area (Å²) < 4.78 is 0. The monoisotopic (exact) mass is 246 g/mol. The first kappa shape index (κ1) is 11.6. The van der Waals surface area contributed by atoms with Crippen molar-refractivity contribution in [1.29, 1.82) is 0 Å². The Kier molecular flexibility index (Phi) is 17.7. The van der Waals surface area contributed by atoms with Gasteiger partial charge in [0.05, 0.1) is 0 Å². The quantitative estimate of drug-likeness (QED) is 0.530. The molecule has 0 aromatic heterocycles. The molecule has 0 saturated heterocycles. The van der Waals surface area contributed by atoms with E-state index >= 15 is 0 Å². The second-order valence-corrected chi connectivity index (χ2v) is 2.07. The van der Waals surface area contributed by atoms with Gasteiger partial charge in [0.15, 0.2) is 0 Å². The zero-order valence-corrected chi connectivity index (χ0v) is 9.27. The second-order valence-electron chi connectivity index (χ2n) is 1.50. The van der Waals surface area contributed by atoms with Crippen molar-refractivity contribution in [3.63, 3.8) is 0 Å². The summed E-state index contributed by atoms with van der Waals surface area (Å²) in [5.74, 6) is 0. The fourth-order valence-corrected chi connectivity index (χ4v) is 0.683. The van der Waals surface area contributed by atoms with Crippen LogP contribution in [0.15, 0.2) is 0 Å². The third-order valence-electron chi connectivity index (χ3n) is 0.808. The molecule has 0 aliphatic heterocycles. The van der Waals surface area contributed by atoms with E-state index in [0.29, 0.717) is 0 Å². The molecule has 0 fully saturated rings. The molecule has 0 saturated carbocycles. The SMILES string of the molecule is CCCCCP.[Nd]. The van der Waals surface area contributed by atoms with E-state index in [4.69, 9.17) is 0 Å². The molecule has 0 aromatic carbocycles. The Morgan fingerprint density at radius 2 is 1.86 bits per heavy atom. The van der Waals surface area contributed by atoms with Crippen LogP contribution in [0.1, 0.15) is 26.2 Å². The molecule has 1 unspecified atom stereocenters. The average Bonchev–Trinajstić information content (AvgIpc) is 1.61. The minimum absolute atomic E-state index is 0. The predicted octanol–water partition coefficient (Wildman–Crippen LogP) is 2.05. The van der Waals surface area contributed by atoms with E-state index in [0.717, 1.165) is 0 Å².